The zero-order valence-corrected chi connectivity index (χ0v) is 9.52. The first kappa shape index (κ1) is 10.4. The van der Waals surface area contributed by atoms with Gasteiger partial charge in [0.25, 0.3) is 0 Å². The summed E-state index contributed by atoms with van der Waals surface area (Å²) in [4.78, 5) is 0. The van der Waals surface area contributed by atoms with E-state index in [2.05, 4.69) is 0 Å². The van der Waals surface area contributed by atoms with Gasteiger partial charge in [0.2, 0.25) is 0 Å². The molecule has 1 aliphatic heterocycles. The molecule has 2 aliphatic rings. The summed E-state index contributed by atoms with van der Waals surface area (Å²) in [6.45, 7) is 0.871. The van der Waals surface area contributed by atoms with Crippen molar-refractivity contribution in [1.82, 2.24) is 0 Å². The van der Waals surface area contributed by atoms with Crippen molar-refractivity contribution >= 4 is 0 Å². The van der Waals surface area contributed by atoms with Crippen LogP contribution in [-0.2, 0) is 4.74 Å². The third-order valence-corrected chi connectivity index (χ3v) is 4.23. The van der Waals surface area contributed by atoms with Crippen LogP contribution in [0.2, 0.25) is 0 Å². The lowest BCUT2D eigenvalue weighted by Gasteiger charge is -2.48. The molecule has 3 rings (SSSR count). The van der Waals surface area contributed by atoms with Gasteiger partial charge in [-0.1, -0.05) is 0 Å². The number of hydrogen-bond donors (Lipinski definition) is 1. The van der Waals surface area contributed by atoms with Crippen molar-refractivity contribution < 1.29 is 9.15 Å². The third-order valence-electron chi connectivity index (χ3n) is 4.23. The fourth-order valence-corrected chi connectivity index (χ4v) is 3.03. The highest BCUT2D eigenvalue weighted by molar-refractivity contribution is 5.13. The molecule has 0 amide bonds. The molecule has 1 aliphatic carbocycles. The van der Waals surface area contributed by atoms with Gasteiger partial charge in [0.05, 0.1) is 18.1 Å². The topological polar surface area (TPSA) is 48.4 Å². The molecule has 1 aromatic rings. The van der Waals surface area contributed by atoms with Crippen LogP contribution in [-0.4, -0.2) is 12.2 Å². The molecule has 2 unspecified atom stereocenters. The average Bonchev–Trinajstić information content (AvgIpc) is 2.79. The van der Waals surface area contributed by atoms with E-state index >= 15 is 0 Å². The van der Waals surface area contributed by atoms with Crippen molar-refractivity contribution in [3.05, 3.63) is 24.2 Å². The van der Waals surface area contributed by atoms with Gasteiger partial charge in [0.1, 0.15) is 0 Å². The second-order valence-corrected chi connectivity index (χ2v) is 5.22. The Morgan fingerprint density at radius 3 is 2.94 bits per heavy atom. The molecule has 2 N–H and O–H groups in total. The maximum Gasteiger partial charge on any atom is 0.0950 e. The standard InChI is InChI=1S/C13H19NO2/c14-12(11-2-6-15-9-11)10-3-7-16-13(8-10)4-1-5-13/h2,6,9-10,12H,1,3-5,7-8,14H2. The lowest BCUT2D eigenvalue weighted by molar-refractivity contribution is -0.146. The van der Waals surface area contributed by atoms with E-state index in [1.165, 1.54) is 19.3 Å². The first-order valence-corrected chi connectivity index (χ1v) is 6.21. The van der Waals surface area contributed by atoms with Crippen LogP contribution in [0.1, 0.15) is 43.7 Å². The van der Waals surface area contributed by atoms with E-state index in [-0.39, 0.29) is 11.6 Å². The molecule has 0 bridgehead atoms. The smallest absolute Gasteiger partial charge is 0.0950 e. The van der Waals surface area contributed by atoms with Gasteiger partial charge in [0, 0.05) is 18.2 Å². The molecular formula is C13H19NO2. The van der Waals surface area contributed by atoms with Crippen LogP contribution in [0.5, 0.6) is 0 Å². The molecular weight excluding hydrogens is 202 g/mol. The zero-order chi connectivity index (χ0) is 11.0. The molecule has 1 saturated carbocycles. The number of nitrogens with two attached hydrogens (primary N) is 1. The van der Waals surface area contributed by atoms with Gasteiger partial charge in [-0.15, -0.1) is 0 Å². The lowest BCUT2D eigenvalue weighted by Crippen LogP contribution is -2.47. The van der Waals surface area contributed by atoms with Crippen molar-refractivity contribution in [2.75, 3.05) is 6.61 Å². The monoisotopic (exact) mass is 221 g/mol. The Hall–Kier alpha value is -0.800. The van der Waals surface area contributed by atoms with Gasteiger partial charge in [-0.3, -0.25) is 0 Å². The number of rotatable bonds is 2. The van der Waals surface area contributed by atoms with Crippen LogP contribution in [0, 0.1) is 5.92 Å². The first-order valence-electron chi connectivity index (χ1n) is 6.21. The van der Waals surface area contributed by atoms with Crippen LogP contribution in [0.15, 0.2) is 23.0 Å². The number of ether oxygens (including phenoxy) is 1. The predicted octanol–water partition coefficient (Wildman–Crippen LogP) is 2.63. The van der Waals surface area contributed by atoms with Gasteiger partial charge in [-0.25, -0.2) is 0 Å². The van der Waals surface area contributed by atoms with Gasteiger partial charge in [0.15, 0.2) is 0 Å². The van der Waals surface area contributed by atoms with E-state index in [0.29, 0.717) is 5.92 Å². The predicted molar refractivity (Wildman–Crippen MR) is 60.9 cm³/mol. The zero-order valence-electron chi connectivity index (χ0n) is 9.52. The van der Waals surface area contributed by atoms with E-state index in [0.717, 1.165) is 25.0 Å². The molecule has 3 nitrogen and oxygen atoms in total. The fraction of sp³-hybridized carbons (Fsp3) is 0.692. The van der Waals surface area contributed by atoms with Crippen molar-refractivity contribution in [3.8, 4) is 0 Å². The second-order valence-electron chi connectivity index (χ2n) is 5.22. The highest BCUT2D eigenvalue weighted by Gasteiger charge is 2.43. The second kappa shape index (κ2) is 3.90. The molecule has 1 aromatic heterocycles. The van der Waals surface area contributed by atoms with Crippen LogP contribution >= 0.6 is 0 Å². The first-order chi connectivity index (χ1) is 7.79. The Balaban J connectivity index is 1.70. The summed E-state index contributed by atoms with van der Waals surface area (Å²) < 4.78 is 11.0. The van der Waals surface area contributed by atoms with Crippen molar-refractivity contribution in [2.24, 2.45) is 11.7 Å². The van der Waals surface area contributed by atoms with Gasteiger partial charge in [-0.2, -0.15) is 0 Å². The third kappa shape index (κ3) is 1.68. The SMILES string of the molecule is NC(c1ccoc1)C1CCOC2(CCC2)C1. The minimum Gasteiger partial charge on any atom is -0.472 e. The minimum atomic E-state index is 0.111. The van der Waals surface area contributed by atoms with Crippen molar-refractivity contribution in [3.63, 3.8) is 0 Å². The molecule has 3 heteroatoms. The molecule has 2 heterocycles. The van der Waals surface area contributed by atoms with Gasteiger partial charge < -0.3 is 14.9 Å². The molecule has 1 saturated heterocycles. The Bertz CT molecular complexity index is 343. The Kier molecular flexibility index (Phi) is 2.52. The number of hydrogen-bond acceptors (Lipinski definition) is 3. The van der Waals surface area contributed by atoms with E-state index < -0.39 is 0 Å². The summed E-state index contributed by atoms with van der Waals surface area (Å²) in [5.41, 5.74) is 7.61. The van der Waals surface area contributed by atoms with Crippen molar-refractivity contribution in [2.45, 2.75) is 43.7 Å². The van der Waals surface area contributed by atoms with Gasteiger partial charge in [-0.05, 0) is 44.1 Å². The maximum atomic E-state index is 6.30. The quantitative estimate of drug-likeness (QED) is 0.835. The van der Waals surface area contributed by atoms with E-state index in [9.17, 15) is 0 Å². The molecule has 1 spiro atoms. The van der Waals surface area contributed by atoms with Gasteiger partial charge >= 0.3 is 0 Å². The summed E-state index contributed by atoms with van der Waals surface area (Å²) in [7, 11) is 0. The highest BCUT2D eigenvalue weighted by Crippen LogP contribution is 2.46. The Morgan fingerprint density at radius 1 is 1.44 bits per heavy atom. The van der Waals surface area contributed by atoms with E-state index in [4.69, 9.17) is 14.9 Å². The van der Waals surface area contributed by atoms with Crippen LogP contribution in [0.3, 0.4) is 0 Å². The summed E-state index contributed by atoms with van der Waals surface area (Å²) in [6.07, 6.45) is 9.44. The normalized spacial score (nSPS) is 29.9. The minimum absolute atomic E-state index is 0.111. The molecule has 2 fully saturated rings. The highest BCUT2D eigenvalue weighted by atomic mass is 16.5. The Labute approximate surface area is 96.0 Å². The Morgan fingerprint density at radius 2 is 2.31 bits per heavy atom. The summed E-state index contributed by atoms with van der Waals surface area (Å²) >= 11 is 0. The van der Waals surface area contributed by atoms with Crippen LogP contribution < -0.4 is 5.73 Å². The largest absolute Gasteiger partial charge is 0.472 e. The molecule has 16 heavy (non-hydrogen) atoms. The van der Waals surface area contributed by atoms with Crippen LogP contribution in [0.4, 0.5) is 0 Å². The molecule has 2 atom stereocenters. The molecule has 0 aromatic carbocycles. The summed E-state index contributed by atoms with van der Waals surface area (Å²) in [5.74, 6) is 0.548. The average molecular weight is 221 g/mol. The number of furan rings is 1. The fourth-order valence-electron chi connectivity index (χ4n) is 3.03. The van der Waals surface area contributed by atoms with Crippen LogP contribution in [0.25, 0.3) is 0 Å². The van der Waals surface area contributed by atoms with E-state index in [1.807, 2.05) is 6.07 Å². The lowest BCUT2D eigenvalue weighted by atomic mass is 9.70. The summed E-state index contributed by atoms with van der Waals surface area (Å²) in [5, 5.41) is 0. The van der Waals surface area contributed by atoms with E-state index in [1.54, 1.807) is 12.5 Å². The maximum absolute atomic E-state index is 6.30. The van der Waals surface area contributed by atoms with Crippen molar-refractivity contribution in [1.29, 1.82) is 0 Å². The molecule has 0 radical (unpaired) electrons. The summed E-state index contributed by atoms with van der Waals surface area (Å²) in [6, 6.07) is 2.09. The molecule has 88 valence electrons.